The number of nitrogens with zero attached hydrogens (tertiary/aromatic N) is 4. The first kappa shape index (κ1) is 14.3. The average Bonchev–Trinajstić information content (AvgIpc) is 3.02. The van der Waals surface area contributed by atoms with Crippen LogP contribution in [0.3, 0.4) is 0 Å². The molecule has 4 rings (SSSR count). The molecule has 0 amide bonds. The summed E-state index contributed by atoms with van der Waals surface area (Å²) in [7, 11) is 0. The van der Waals surface area contributed by atoms with E-state index in [1.54, 1.807) is 39.9 Å². The first-order valence-electron chi connectivity index (χ1n) is 7.02. The van der Waals surface area contributed by atoms with Crippen LogP contribution in [0.2, 0.25) is 0 Å². The molecule has 4 heterocycles. The number of thioether (sulfide) groups is 1. The van der Waals surface area contributed by atoms with Crippen molar-refractivity contribution in [2.75, 3.05) is 0 Å². The van der Waals surface area contributed by atoms with E-state index in [4.69, 9.17) is 0 Å². The van der Waals surface area contributed by atoms with Gasteiger partial charge in [-0.15, -0.1) is 11.3 Å². The van der Waals surface area contributed by atoms with Crippen LogP contribution in [0.1, 0.15) is 11.4 Å². The molecular formula is C16H12N4OS2. The molecule has 0 unspecified atom stereocenters. The van der Waals surface area contributed by atoms with Crippen LogP contribution in [0, 0.1) is 6.92 Å². The monoisotopic (exact) mass is 340 g/mol. The fourth-order valence-electron chi connectivity index (χ4n) is 2.46. The average molecular weight is 340 g/mol. The Kier molecular flexibility index (Phi) is 3.59. The molecule has 0 fully saturated rings. The topological polar surface area (TPSA) is 60.2 Å². The van der Waals surface area contributed by atoms with Gasteiger partial charge in [-0.1, -0.05) is 17.8 Å². The lowest BCUT2D eigenvalue weighted by Crippen LogP contribution is -2.17. The molecule has 114 valence electrons. The third-order valence-corrected chi connectivity index (χ3v) is 5.37. The zero-order valence-corrected chi connectivity index (χ0v) is 13.9. The predicted octanol–water partition coefficient (Wildman–Crippen LogP) is 3.30. The summed E-state index contributed by atoms with van der Waals surface area (Å²) in [5.41, 5.74) is 2.27. The maximum absolute atomic E-state index is 12.3. The van der Waals surface area contributed by atoms with Crippen molar-refractivity contribution in [3.05, 3.63) is 63.8 Å². The normalized spacial score (nSPS) is 11.3. The van der Waals surface area contributed by atoms with Crippen molar-refractivity contribution in [2.24, 2.45) is 0 Å². The van der Waals surface area contributed by atoms with Crippen LogP contribution in [0.15, 0.2) is 51.9 Å². The van der Waals surface area contributed by atoms with Gasteiger partial charge in [-0.2, -0.15) is 0 Å². The highest BCUT2D eigenvalue weighted by Crippen LogP contribution is 2.29. The summed E-state index contributed by atoms with van der Waals surface area (Å²) < 4.78 is 1.62. The molecule has 0 saturated carbocycles. The van der Waals surface area contributed by atoms with Gasteiger partial charge in [0.15, 0.2) is 0 Å². The third-order valence-electron chi connectivity index (χ3n) is 3.52. The number of pyridine rings is 1. The summed E-state index contributed by atoms with van der Waals surface area (Å²) >= 11 is 3.17. The molecule has 0 radical (unpaired) electrons. The van der Waals surface area contributed by atoms with Gasteiger partial charge in [-0.25, -0.2) is 15.0 Å². The van der Waals surface area contributed by atoms with Gasteiger partial charge in [0.1, 0.15) is 21.8 Å². The van der Waals surface area contributed by atoms with E-state index in [0.29, 0.717) is 11.4 Å². The molecule has 4 aromatic heterocycles. The largest absolute Gasteiger partial charge is 0.269 e. The number of aryl methyl sites for hydroxylation is 1. The van der Waals surface area contributed by atoms with Gasteiger partial charge in [-0.3, -0.25) is 9.20 Å². The SMILES string of the molecule is Cc1cccc2nc(CSc3ncnc4sccc34)cc(=O)n12. The predicted molar refractivity (Wildman–Crippen MR) is 93.2 cm³/mol. The summed E-state index contributed by atoms with van der Waals surface area (Å²) in [6.45, 7) is 1.90. The van der Waals surface area contributed by atoms with E-state index in [1.807, 2.05) is 36.6 Å². The van der Waals surface area contributed by atoms with Crippen molar-refractivity contribution in [2.45, 2.75) is 17.7 Å². The lowest BCUT2D eigenvalue weighted by atomic mass is 10.3. The highest BCUT2D eigenvalue weighted by atomic mass is 32.2. The second-order valence-corrected chi connectivity index (χ2v) is 6.91. The minimum absolute atomic E-state index is 0.0490. The molecule has 0 bridgehead atoms. The summed E-state index contributed by atoms with van der Waals surface area (Å²) in [4.78, 5) is 26.4. The van der Waals surface area contributed by atoms with E-state index in [2.05, 4.69) is 15.0 Å². The summed E-state index contributed by atoms with van der Waals surface area (Å²) in [5, 5.41) is 3.98. The maximum atomic E-state index is 12.3. The lowest BCUT2D eigenvalue weighted by molar-refractivity contribution is 0.968. The zero-order valence-electron chi connectivity index (χ0n) is 12.3. The first-order chi connectivity index (χ1) is 11.2. The van der Waals surface area contributed by atoms with E-state index in [1.165, 1.54) is 0 Å². The van der Waals surface area contributed by atoms with Crippen LogP contribution in [-0.4, -0.2) is 19.4 Å². The highest BCUT2D eigenvalue weighted by molar-refractivity contribution is 7.98. The molecule has 5 nitrogen and oxygen atoms in total. The van der Waals surface area contributed by atoms with Crippen molar-refractivity contribution in [1.29, 1.82) is 0 Å². The number of thiophene rings is 1. The van der Waals surface area contributed by atoms with Crippen LogP contribution in [0.25, 0.3) is 15.9 Å². The van der Waals surface area contributed by atoms with Gasteiger partial charge in [0, 0.05) is 22.9 Å². The van der Waals surface area contributed by atoms with Crippen LogP contribution in [0.5, 0.6) is 0 Å². The first-order valence-corrected chi connectivity index (χ1v) is 8.88. The van der Waals surface area contributed by atoms with Crippen molar-refractivity contribution in [3.63, 3.8) is 0 Å². The van der Waals surface area contributed by atoms with Gasteiger partial charge in [0.05, 0.1) is 5.69 Å². The minimum Gasteiger partial charge on any atom is -0.269 e. The number of rotatable bonds is 3. The molecule has 0 aliphatic rings. The van der Waals surface area contributed by atoms with Gasteiger partial charge in [0.25, 0.3) is 5.56 Å². The molecule has 23 heavy (non-hydrogen) atoms. The molecule has 7 heteroatoms. The molecule has 0 N–H and O–H groups in total. The second-order valence-electron chi connectivity index (χ2n) is 5.05. The zero-order chi connectivity index (χ0) is 15.8. The van der Waals surface area contributed by atoms with Crippen molar-refractivity contribution >= 4 is 39.0 Å². The van der Waals surface area contributed by atoms with Crippen LogP contribution in [-0.2, 0) is 5.75 Å². The Morgan fingerprint density at radius 1 is 1.26 bits per heavy atom. The smallest absolute Gasteiger partial charge is 0.258 e. The van der Waals surface area contributed by atoms with E-state index >= 15 is 0 Å². The Bertz CT molecular complexity index is 1070. The molecule has 0 aliphatic carbocycles. The Balaban J connectivity index is 1.68. The fraction of sp³-hybridized carbons (Fsp3) is 0.125. The molecule has 0 aliphatic heterocycles. The lowest BCUT2D eigenvalue weighted by Gasteiger charge is -2.06. The third kappa shape index (κ3) is 2.62. The number of aromatic nitrogens is 4. The van der Waals surface area contributed by atoms with Gasteiger partial charge in [-0.05, 0) is 30.5 Å². The second kappa shape index (κ2) is 5.75. The Morgan fingerprint density at radius 2 is 2.17 bits per heavy atom. The van der Waals surface area contributed by atoms with Crippen LogP contribution >= 0.6 is 23.1 Å². The molecule has 0 spiro atoms. The van der Waals surface area contributed by atoms with Gasteiger partial charge in [0.2, 0.25) is 0 Å². The maximum Gasteiger partial charge on any atom is 0.258 e. The van der Waals surface area contributed by atoms with Crippen molar-refractivity contribution < 1.29 is 0 Å². The van der Waals surface area contributed by atoms with Gasteiger partial charge >= 0.3 is 0 Å². The van der Waals surface area contributed by atoms with E-state index in [-0.39, 0.29) is 5.56 Å². The summed E-state index contributed by atoms with van der Waals surface area (Å²) in [6, 6.07) is 9.28. The number of hydrogen-bond acceptors (Lipinski definition) is 6. The van der Waals surface area contributed by atoms with Crippen molar-refractivity contribution in [1.82, 2.24) is 19.4 Å². The van der Waals surface area contributed by atoms with Crippen LogP contribution in [0.4, 0.5) is 0 Å². The van der Waals surface area contributed by atoms with Crippen molar-refractivity contribution in [3.8, 4) is 0 Å². The quantitative estimate of drug-likeness (QED) is 0.423. The Labute approximate surface area is 140 Å². The summed E-state index contributed by atoms with van der Waals surface area (Å²) in [6.07, 6.45) is 1.58. The number of hydrogen-bond donors (Lipinski definition) is 0. The van der Waals surface area contributed by atoms with E-state index < -0.39 is 0 Å². The van der Waals surface area contributed by atoms with Gasteiger partial charge < -0.3 is 0 Å². The Hall–Kier alpha value is -2.25. The molecule has 4 aromatic rings. The van der Waals surface area contributed by atoms with E-state index in [0.717, 1.165) is 26.6 Å². The minimum atomic E-state index is -0.0490. The molecule has 0 saturated heterocycles. The molecular weight excluding hydrogens is 328 g/mol. The Morgan fingerprint density at radius 3 is 3.09 bits per heavy atom. The summed E-state index contributed by atoms with van der Waals surface area (Å²) in [5.74, 6) is 0.599. The molecule has 0 atom stereocenters. The standard InChI is InChI=1S/C16H12N4OS2/c1-10-3-2-4-13-19-11(7-14(21)20(10)13)8-23-16-12-5-6-22-15(12)17-9-18-16/h2-7,9H,8H2,1H3. The highest BCUT2D eigenvalue weighted by Gasteiger charge is 2.08. The fourth-order valence-corrected chi connectivity index (χ4v) is 4.13. The number of fused-ring (bicyclic) bond motifs is 2. The molecule has 0 aromatic carbocycles. The van der Waals surface area contributed by atoms with Crippen LogP contribution < -0.4 is 5.56 Å². The van der Waals surface area contributed by atoms with E-state index in [9.17, 15) is 4.79 Å².